The lowest BCUT2D eigenvalue weighted by atomic mass is 10.0. The van der Waals surface area contributed by atoms with Crippen LogP contribution in [0.25, 0.3) is 33.8 Å². The van der Waals surface area contributed by atoms with Crippen molar-refractivity contribution in [2.75, 3.05) is 5.32 Å². The minimum absolute atomic E-state index is 0.0205. The Balaban J connectivity index is 1.32. The summed E-state index contributed by atoms with van der Waals surface area (Å²) < 4.78 is 0. The van der Waals surface area contributed by atoms with Gasteiger partial charge in [0.2, 0.25) is 11.1 Å². The summed E-state index contributed by atoms with van der Waals surface area (Å²) >= 11 is 2.44. The molecule has 3 aromatic carbocycles. The summed E-state index contributed by atoms with van der Waals surface area (Å²) in [5.41, 5.74) is 4.27. The summed E-state index contributed by atoms with van der Waals surface area (Å²) in [4.78, 5) is 32.7. The molecular weight excluding hydrogens is 520 g/mol. The molecule has 2 heterocycles. The van der Waals surface area contributed by atoms with E-state index in [1.54, 1.807) is 24.4 Å². The highest BCUT2D eigenvalue weighted by atomic mass is 32.2. The maximum absolute atomic E-state index is 12.9. The molecule has 0 radical (unpaired) electrons. The summed E-state index contributed by atoms with van der Waals surface area (Å²) in [6, 6.07) is 25.7. The van der Waals surface area contributed by atoms with Gasteiger partial charge < -0.3 is 5.32 Å². The minimum Gasteiger partial charge on any atom is -0.301 e. The second-order valence-corrected chi connectivity index (χ2v) is 10.3. The van der Waals surface area contributed by atoms with E-state index in [0.717, 1.165) is 11.1 Å². The molecule has 0 fully saturated rings. The molecule has 0 saturated heterocycles. The quantitative estimate of drug-likeness (QED) is 0.137. The standard InChI is InChI=1S/C27H20N6O3S2/c1-17(25(34)30-26-28-22(16-37-26)20-13-8-14-21(15-20)33(35)36)38-27-29-23(18-9-4-2-5-10-18)24(31-32-27)19-11-6-3-7-12-19/h2-17H,1H3,(H,28,30,34)/t17-/m0/s1. The Morgan fingerprint density at radius 2 is 1.55 bits per heavy atom. The van der Waals surface area contributed by atoms with Crippen LogP contribution in [0.2, 0.25) is 0 Å². The fourth-order valence-corrected chi connectivity index (χ4v) is 5.05. The van der Waals surface area contributed by atoms with Crippen LogP contribution in [0.4, 0.5) is 10.8 Å². The average Bonchev–Trinajstić information content (AvgIpc) is 3.42. The first-order valence-corrected chi connectivity index (χ1v) is 13.3. The molecule has 0 saturated carbocycles. The van der Waals surface area contributed by atoms with Crippen LogP contribution in [0.3, 0.4) is 0 Å². The molecule has 38 heavy (non-hydrogen) atoms. The first kappa shape index (κ1) is 25.2. The van der Waals surface area contributed by atoms with Crippen molar-refractivity contribution in [2.24, 2.45) is 0 Å². The molecule has 0 unspecified atom stereocenters. The molecule has 2 aromatic heterocycles. The SMILES string of the molecule is C[C@H](Sc1nnc(-c2ccccc2)c(-c2ccccc2)n1)C(=O)Nc1nc(-c2cccc([N+](=O)[O-])c2)cs1. The van der Waals surface area contributed by atoms with Gasteiger partial charge in [-0.2, -0.15) is 0 Å². The number of carbonyl (C=O) groups excluding carboxylic acids is 1. The van der Waals surface area contributed by atoms with Crippen LogP contribution in [-0.2, 0) is 4.79 Å². The average molecular weight is 541 g/mol. The number of aromatic nitrogens is 4. The summed E-state index contributed by atoms with van der Waals surface area (Å²) in [6.45, 7) is 1.76. The fraction of sp³-hybridized carbons (Fsp3) is 0.0741. The number of hydrogen-bond donors (Lipinski definition) is 1. The van der Waals surface area contributed by atoms with Crippen molar-refractivity contribution in [1.82, 2.24) is 20.2 Å². The van der Waals surface area contributed by atoms with Crippen LogP contribution in [-0.4, -0.2) is 36.2 Å². The number of nitro benzene ring substituents is 1. The van der Waals surface area contributed by atoms with Crippen molar-refractivity contribution in [3.63, 3.8) is 0 Å². The van der Waals surface area contributed by atoms with Gasteiger partial charge in [0.25, 0.3) is 5.69 Å². The van der Waals surface area contributed by atoms with Crippen molar-refractivity contribution in [3.05, 3.63) is 100 Å². The largest absolute Gasteiger partial charge is 0.301 e. The summed E-state index contributed by atoms with van der Waals surface area (Å²) in [5.74, 6) is -0.271. The third-order valence-electron chi connectivity index (χ3n) is 5.50. The first-order valence-electron chi connectivity index (χ1n) is 11.5. The van der Waals surface area contributed by atoms with Gasteiger partial charge in [-0.1, -0.05) is 84.6 Å². The topological polar surface area (TPSA) is 124 Å². The smallest absolute Gasteiger partial charge is 0.270 e. The van der Waals surface area contributed by atoms with Gasteiger partial charge in [-0.05, 0) is 6.92 Å². The molecular formula is C27H20N6O3S2. The lowest BCUT2D eigenvalue weighted by Gasteiger charge is -2.12. The van der Waals surface area contributed by atoms with Crippen molar-refractivity contribution in [3.8, 4) is 33.8 Å². The van der Waals surface area contributed by atoms with E-state index in [-0.39, 0.29) is 11.6 Å². The van der Waals surface area contributed by atoms with E-state index < -0.39 is 10.2 Å². The monoisotopic (exact) mass is 540 g/mol. The zero-order valence-electron chi connectivity index (χ0n) is 20.0. The second kappa shape index (κ2) is 11.3. The van der Waals surface area contributed by atoms with E-state index in [1.165, 1.54) is 35.2 Å². The Bertz CT molecular complexity index is 1600. The van der Waals surface area contributed by atoms with Crippen LogP contribution in [0.1, 0.15) is 6.92 Å². The molecule has 5 rings (SSSR count). The van der Waals surface area contributed by atoms with Crippen LogP contribution in [0.5, 0.6) is 0 Å². The van der Waals surface area contributed by atoms with Crippen LogP contribution < -0.4 is 5.32 Å². The van der Waals surface area contributed by atoms with Gasteiger partial charge >= 0.3 is 0 Å². The summed E-state index contributed by atoms with van der Waals surface area (Å²) in [7, 11) is 0. The van der Waals surface area contributed by atoms with Crippen molar-refractivity contribution in [1.29, 1.82) is 0 Å². The van der Waals surface area contributed by atoms with Gasteiger partial charge in [-0.3, -0.25) is 14.9 Å². The van der Waals surface area contributed by atoms with Gasteiger partial charge in [0.1, 0.15) is 11.4 Å². The Kier molecular flexibility index (Phi) is 7.47. The fourth-order valence-electron chi connectivity index (χ4n) is 3.61. The van der Waals surface area contributed by atoms with Crippen molar-refractivity contribution < 1.29 is 9.72 Å². The number of benzene rings is 3. The predicted octanol–water partition coefficient (Wildman–Crippen LogP) is 6.36. The van der Waals surface area contributed by atoms with E-state index in [9.17, 15) is 14.9 Å². The number of hydrogen-bond acceptors (Lipinski definition) is 9. The summed E-state index contributed by atoms with van der Waals surface area (Å²) in [6.07, 6.45) is 0. The molecule has 1 atom stereocenters. The van der Waals surface area contributed by atoms with Gasteiger partial charge in [0.15, 0.2) is 5.13 Å². The Labute approximate surface area is 226 Å². The molecule has 1 N–H and O–H groups in total. The van der Waals surface area contributed by atoms with Crippen LogP contribution >= 0.6 is 23.1 Å². The van der Waals surface area contributed by atoms with E-state index in [0.29, 0.717) is 32.9 Å². The number of rotatable bonds is 8. The molecule has 11 heteroatoms. The lowest BCUT2D eigenvalue weighted by Crippen LogP contribution is -2.22. The molecule has 1 amide bonds. The number of non-ortho nitro benzene ring substituents is 1. The predicted molar refractivity (Wildman–Crippen MR) is 149 cm³/mol. The molecule has 0 aliphatic rings. The molecule has 5 aromatic rings. The Hall–Kier alpha value is -4.48. The van der Waals surface area contributed by atoms with E-state index in [2.05, 4.69) is 20.5 Å². The Morgan fingerprint density at radius 3 is 2.24 bits per heavy atom. The highest BCUT2D eigenvalue weighted by Crippen LogP contribution is 2.31. The third kappa shape index (κ3) is 5.74. The van der Waals surface area contributed by atoms with E-state index in [4.69, 9.17) is 4.98 Å². The number of carbonyl (C=O) groups is 1. The Morgan fingerprint density at radius 1 is 0.895 bits per heavy atom. The number of thiazole rings is 1. The second-order valence-electron chi connectivity index (χ2n) is 8.12. The number of anilines is 1. The van der Waals surface area contributed by atoms with Crippen LogP contribution in [0.15, 0.2) is 95.5 Å². The number of nitrogens with zero attached hydrogens (tertiary/aromatic N) is 5. The minimum atomic E-state index is -0.534. The third-order valence-corrected chi connectivity index (χ3v) is 7.21. The van der Waals surface area contributed by atoms with E-state index >= 15 is 0 Å². The van der Waals surface area contributed by atoms with Crippen molar-refractivity contribution >= 4 is 39.8 Å². The van der Waals surface area contributed by atoms with Crippen LogP contribution in [0, 0.1) is 10.1 Å². The van der Waals surface area contributed by atoms with Gasteiger partial charge in [-0.25, -0.2) is 9.97 Å². The number of nitro groups is 1. The highest BCUT2D eigenvalue weighted by molar-refractivity contribution is 8.00. The summed E-state index contributed by atoms with van der Waals surface area (Å²) in [5, 5.41) is 24.6. The van der Waals surface area contributed by atoms with Crippen molar-refractivity contribution in [2.45, 2.75) is 17.3 Å². The molecule has 0 spiro atoms. The van der Waals surface area contributed by atoms with Gasteiger partial charge in [-0.15, -0.1) is 21.5 Å². The number of nitrogens with one attached hydrogen (secondary N) is 1. The maximum Gasteiger partial charge on any atom is 0.270 e. The number of thioether (sulfide) groups is 1. The molecule has 0 bridgehead atoms. The van der Waals surface area contributed by atoms with Gasteiger partial charge in [0.05, 0.1) is 15.9 Å². The molecule has 0 aliphatic carbocycles. The molecule has 0 aliphatic heterocycles. The molecule has 9 nitrogen and oxygen atoms in total. The molecule has 188 valence electrons. The first-order chi connectivity index (χ1) is 18.5. The zero-order chi connectivity index (χ0) is 26.5. The normalized spacial score (nSPS) is 11.6. The van der Waals surface area contributed by atoms with E-state index in [1.807, 2.05) is 60.7 Å². The van der Waals surface area contributed by atoms with Gasteiger partial charge in [0, 0.05) is 34.2 Å². The highest BCUT2D eigenvalue weighted by Gasteiger charge is 2.20. The zero-order valence-corrected chi connectivity index (χ0v) is 21.6. The number of amides is 1. The maximum atomic E-state index is 12.9. The lowest BCUT2D eigenvalue weighted by molar-refractivity contribution is -0.384.